The van der Waals surface area contributed by atoms with Crippen molar-refractivity contribution in [2.24, 2.45) is 0 Å². The zero-order valence-corrected chi connectivity index (χ0v) is 30.5. The molecule has 18 heteroatoms. The number of halogens is 8. The van der Waals surface area contributed by atoms with Gasteiger partial charge in [-0.3, -0.25) is 9.78 Å². The maximum atomic E-state index is 15.1. The van der Waals surface area contributed by atoms with Crippen LogP contribution >= 0.6 is 0 Å². The first kappa shape index (κ1) is 41.5. The Kier molecular flexibility index (Phi) is 11.7. The van der Waals surface area contributed by atoms with E-state index in [2.05, 4.69) is 4.98 Å². The highest BCUT2D eigenvalue weighted by molar-refractivity contribution is 7.89. The fourth-order valence-electron chi connectivity index (χ4n) is 5.79. The van der Waals surface area contributed by atoms with E-state index >= 15 is 8.78 Å². The molecule has 0 bridgehead atoms. The van der Waals surface area contributed by atoms with Crippen molar-refractivity contribution in [3.8, 4) is 5.75 Å². The molecule has 0 saturated heterocycles. The van der Waals surface area contributed by atoms with Crippen molar-refractivity contribution in [3.05, 3.63) is 117 Å². The van der Waals surface area contributed by atoms with Gasteiger partial charge in [0, 0.05) is 11.8 Å². The predicted molar refractivity (Wildman–Crippen MR) is 182 cm³/mol. The average molecular weight is 802 g/mol. The lowest BCUT2D eigenvalue weighted by Gasteiger charge is -2.30. The number of methoxy groups -OCH3 is 1. The van der Waals surface area contributed by atoms with E-state index in [0.717, 1.165) is 34.9 Å². The second-order valence-corrected chi connectivity index (χ2v) is 15.9. The molecule has 1 saturated carbocycles. The number of carbonyl (C=O) groups is 1. The van der Waals surface area contributed by atoms with E-state index < -0.39 is 86.7 Å². The molecule has 1 fully saturated rings. The Balaban J connectivity index is 1.68. The molecule has 3 aromatic carbocycles. The number of aromatic nitrogens is 1. The monoisotopic (exact) mass is 801 g/mol. The third-order valence-corrected chi connectivity index (χ3v) is 10.7. The topological polar surface area (TPSA) is 120 Å². The summed E-state index contributed by atoms with van der Waals surface area (Å²) in [6.07, 6.45) is -4.50. The number of hydrogen-bond donors (Lipinski definition) is 2. The van der Waals surface area contributed by atoms with E-state index in [1.165, 1.54) is 19.2 Å². The summed E-state index contributed by atoms with van der Waals surface area (Å²) in [5.41, 5.74) is -0.233. The third-order valence-electron chi connectivity index (χ3n) is 8.93. The van der Waals surface area contributed by atoms with Gasteiger partial charge in [-0.2, -0.15) is 17.5 Å². The quantitative estimate of drug-likeness (QED) is 0.0664. The Bertz CT molecular complexity index is 2190. The van der Waals surface area contributed by atoms with Crippen molar-refractivity contribution in [1.29, 1.82) is 0 Å². The van der Waals surface area contributed by atoms with Crippen LogP contribution in [0.1, 0.15) is 79.3 Å². The van der Waals surface area contributed by atoms with Gasteiger partial charge in [-0.25, -0.2) is 30.4 Å². The van der Waals surface area contributed by atoms with Crippen molar-refractivity contribution in [3.63, 3.8) is 0 Å². The number of rotatable bonds is 12. The number of sulfonamides is 1. The van der Waals surface area contributed by atoms with Gasteiger partial charge < -0.3 is 19.8 Å². The summed E-state index contributed by atoms with van der Waals surface area (Å²) in [6.45, 7) is 2.79. The zero-order valence-electron chi connectivity index (χ0n) is 29.7. The molecule has 0 atom stereocenters. The van der Waals surface area contributed by atoms with Crippen LogP contribution in [0.15, 0.2) is 59.6 Å². The molecule has 296 valence electrons. The van der Waals surface area contributed by atoms with Gasteiger partial charge in [0.05, 0.1) is 43.7 Å². The second kappa shape index (κ2) is 15.5. The Morgan fingerprint density at radius 3 is 2.04 bits per heavy atom. The molecule has 4 aromatic rings. The molecule has 1 amide bonds. The summed E-state index contributed by atoms with van der Waals surface area (Å²) in [5.74, 6) is -14.6. The van der Waals surface area contributed by atoms with Crippen molar-refractivity contribution < 1.29 is 63.3 Å². The lowest BCUT2D eigenvalue weighted by atomic mass is 9.84. The summed E-state index contributed by atoms with van der Waals surface area (Å²) in [5, 5.41) is 19.5. The summed E-state index contributed by atoms with van der Waals surface area (Å²) in [4.78, 5) is 16.8. The van der Waals surface area contributed by atoms with Crippen LogP contribution < -0.4 is 9.64 Å². The molecule has 0 spiro atoms. The fraction of sp³-hybridized carbons (Fsp3) is 0.351. The molecule has 2 N–H and O–H groups in total. The number of carbonyl (C=O) groups excluding carboxylic acids is 1. The predicted octanol–water partition coefficient (Wildman–Crippen LogP) is 7.39. The van der Waals surface area contributed by atoms with Gasteiger partial charge in [0.15, 0.2) is 34.5 Å². The van der Waals surface area contributed by atoms with Gasteiger partial charge in [0.1, 0.15) is 5.75 Å². The number of ether oxygens (including phenoxy) is 1. The molecule has 0 radical (unpaired) electrons. The minimum absolute atomic E-state index is 0.0530. The Hall–Kier alpha value is -4.65. The Labute approximate surface area is 310 Å². The molecule has 1 aromatic heterocycles. The van der Waals surface area contributed by atoms with Crippen LogP contribution in [0, 0.1) is 29.1 Å². The number of aliphatic hydroxyl groups excluding tert-OH is 1. The first-order chi connectivity index (χ1) is 25.5. The van der Waals surface area contributed by atoms with Crippen LogP contribution in [0.3, 0.4) is 0 Å². The lowest BCUT2D eigenvalue weighted by molar-refractivity contribution is -0.137. The van der Waals surface area contributed by atoms with Gasteiger partial charge in [0.25, 0.3) is 0 Å². The summed E-state index contributed by atoms with van der Waals surface area (Å²) < 4.78 is 147. The van der Waals surface area contributed by atoms with Gasteiger partial charge in [-0.05, 0) is 65.1 Å². The van der Waals surface area contributed by atoms with E-state index in [1.54, 1.807) is 6.07 Å². The largest absolute Gasteiger partial charge is 0.495 e. The molecule has 5 rings (SSSR count). The number of aliphatic hydroxyl groups is 2. The molecule has 0 unspecified atom stereocenters. The van der Waals surface area contributed by atoms with Gasteiger partial charge in [0.2, 0.25) is 21.7 Å². The van der Waals surface area contributed by atoms with Crippen molar-refractivity contribution in [1.82, 2.24) is 9.29 Å². The minimum Gasteiger partial charge on any atom is -0.495 e. The number of hydrogen-bond acceptors (Lipinski definition) is 7. The smallest absolute Gasteiger partial charge is 0.416 e. The number of amides is 1. The van der Waals surface area contributed by atoms with Crippen LogP contribution in [-0.2, 0) is 39.5 Å². The van der Waals surface area contributed by atoms with E-state index in [1.807, 2.05) is 32.9 Å². The highest BCUT2D eigenvalue weighted by Crippen LogP contribution is 2.42. The van der Waals surface area contributed by atoms with Crippen molar-refractivity contribution in [2.45, 2.75) is 75.4 Å². The third kappa shape index (κ3) is 8.92. The molecule has 1 aliphatic carbocycles. The summed E-state index contributed by atoms with van der Waals surface area (Å²) in [7, 11) is -4.77. The normalized spacial score (nSPS) is 13.8. The molecule has 0 aliphatic heterocycles. The number of pyridine rings is 1. The first-order valence-electron chi connectivity index (χ1n) is 16.6. The first-order valence-corrected chi connectivity index (χ1v) is 18.0. The molecule has 9 nitrogen and oxygen atoms in total. The van der Waals surface area contributed by atoms with Gasteiger partial charge in [-0.15, -0.1) is 0 Å². The van der Waals surface area contributed by atoms with Crippen molar-refractivity contribution in [2.75, 3.05) is 18.6 Å². The van der Waals surface area contributed by atoms with Crippen LogP contribution in [0.25, 0.3) is 0 Å². The lowest BCUT2D eigenvalue weighted by Crippen LogP contribution is -2.43. The molecular weight excluding hydrogens is 766 g/mol. The van der Waals surface area contributed by atoms with Crippen molar-refractivity contribution >= 4 is 21.6 Å². The van der Waals surface area contributed by atoms with Crippen LogP contribution in [-0.4, -0.2) is 47.5 Å². The standard InChI is InChI=1S/C37H35F8N3O6S/c1-36(2,3)24-12-19(11-22(13-24)20-5-6-20)16-48(26-8-7-21(35(50)51)14-27(26)54-4)28(49)18-47(17-25-15-23(9-10-46-25)37(43,44)45)55(52,53)34-32(41)30(39)29(38)31(40)33(34)42/h7-15,20,35,50-51H,5-6,16-18H2,1-4H3. The summed E-state index contributed by atoms with van der Waals surface area (Å²) in [6, 6.07) is 10.2. The Morgan fingerprint density at radius 2 is 1.49 bits per heavy atom. The van der Waals surface area contributed by atoms with Crippen LogP contribution in [0.2, 0.25) is 0 Å². The van der Waals surface area contributed by atoms with E-state index in [0.29, 0.717) is 23.9 Å². The average Bonchev–Trinajstić information content (AvgIpc) is 3.97. The number of benzene rings is 3. The highest BCUT2D eigenvalue weighted by Gasteiger charge is 2.40. The summed E-state index contributed by atoms with van der Waals surface area (Å²) >= 11 is 0. The maximum absolute atomic E-state index is 15.1. The highest BCUT2D eigenvalue weighted by atomic mass is 32.2. The van der Waals surface area contributed by atoms with E-state index in [9.17, 15) is 49.8 Å². The second-order valence-electron chi connectivity index (χ2n) is 14.0. The molecular formula is C37H35F8N3O6S. The van der Waals surface area contributed by atoms with Gasteiger partial charge >= 0.3 is 6.18 Å². The number of anilines is 1. The zero-order chi connectivity index (χ0) is 40.8. The van der Waals surface area contributed by atoms with E-state index in [4.69, 9.17) is 4.74 Å². The van der Waals surface area contributed by atoms with E-state index in [-0.39, 0.29) is 39.2 Å². The fourth-order valence-corrected chi connectivity index (χ4v) is 7.26. The minimum atomic E-state index is -5.95. The molecule has 55 heavy (non-hydrogen) atoms. The molecule has 1 aliphatic rings. The van der Waals surface area contributed by atoms with Crippen LogP contribution in [0.5, 0.6) is 5.75 Å². The SMILES string of the molecule is COc1cc(C(O)O)ccc1N(Cc1cc(C2CC2)cc(C(C)(C)C)c1)C(=O)CN(Cc1cc(C(F)(F)F)ccn1)S(=O)(=O)c1c(F)c(F)c(F)c(F)c1F. The Morgan fingerprint density at radius 1 is 0.873 bits per heavy atom. The van der Waals surface area contributed by atoms with Crippen LogP contribution in [0.4, 0.5) is 40.8 Å². The van der Waals surface area contributed by atoms with Gasteiger partial charge in [-0.1, -0.05) is 45.0 Å². The number of alkyl halides is 3. The maximum Gasteiger partial charge on any atom is 0.416 e. The molecule has 1 heterocycles. The number of nitrogens with zero attached hydrogens (tertiary/aromatic N) is 3.